The molecule has 1 amide bonds. The largest absolute Gasteiger partial charge is 0.336 e. The number of nitrogens with zero attached hydrogens (tertiary/aromatic N) is 1. The lowest BCUT2D eigenvalue weighted by molar-refractivity contribution is 0.0774. The van der Waals surface area contributed by atoms with Gasteiger partial charge in [0.25, 0.3) is 5.91 Å². The predicted molar refractivity (Wildman–Crippen MR) is 68.5 cm³/mol. The molecule has 0 saturated carbocycles. The van der Waals surface area contributed by atoms with Crippen molar-refractivity contribution in [2.24, 2.45) is 0 Å². The molecule has 0 heterocycles. The highest BCUT2D eigenvalue weighted by molar-refractivity contribution is 6.18. The van der Waals surface area contributed by atoms with E-state index in [0.29, 0.717) is 36.0 Å². The SMILES string of the molecule is Cc1cc(F)cc(C(=O)N(CCCl)CCCl)c1. The highest BCUT2D eigenvalue weighted by Gasteiger charge is 2.15. The highest BCUT2D eigenvalue weighted by Crippen LogP contribution is 2.11. The van der Waals surface area contributed by atoms with Crippen molar-refractivity contribution in [3.8, 4) is 0 Å². The van der Waals surface area contributed by atoms with Crippen LogP contribution in [0, 0.1) is 12.7 Å². The van der Waals surface area contributed by atoms with Gasteiger partial charge in [0.05, 0.1) is 0 Å². The number of halogens is 3. The van der Waals surface area contributed by atoms with Crippen LogP contribution in [-0.2, 0) is 0 Å². The van der Waals surface area contributed by atoms with Crippen molar-refractivity contribution in [1.82, 2.24) is 4.90 Å². The van der Waals surface area contributed by atoms with Gasteiger partial charge in [0.2, 0.25) is 0 Å². The minimum atomic E-state index is -0.412. The summed E-state index contributed by atoms with van der Waals surface area (Å²) in [6.07, 6.45) is 0. The summed E-state index contributed by atoms with van der Waals surface area (Å²) < 4.78 is 13.2. The van der Waals surface area contributed by atoms with Gasteiger partial charge >= 0.3 is 0 Å². The number of hydrogen-bond donors (Lipinski definition) is 0. The third kappa shape index (κ3) is 4.17. The molecule has 1 rings (SSSR count). The zero-order valence-corrected chi connectivity index (χ0v) is 11.1. The fourth-order valence-corrected chi connectivity index (χ4v) is 1.97. The molecule has 1 aromatic rings. The number of benzene rings is 1. The van der Waals surface area contributed by atoms with Crippen molar-refractivity contribution >= 4 is 29.1 Å². The summed E-state index contributed by atoms with van der Waals surface area (Å²) in [4.78, 5) is 13.6. The summed E-state index contributed by atoms with van der Waals surface area (Å²) in [6.45, 7) is 2.55. The summed E-state index contributed by atoms with van der Waals surface area (Å²) >= 11 is 11.2. The van der Waals surface area contributed by atoms with E-state index >= 15 is 0 Å². The van der Waals surface area contributed by atoms with E-state index in [1.54, 1.807) is 13.0 Å². The Kier molecular flexibility index (Phi) is 5.72. The topological polar surface area (TPSA) is 20.3 Å². The monoisotopic (exact) mass is 277 g/mol. The Morgan fingerprint density at radius 1 is 1.24 bits per heavy atom. The van der Waals surface area contributed by atoms with Gasteiger partial charge in [0.15, 0.2) is 0 Å². The molecule has 94 valence electrons. The standard InChI is InChI=1S/C12H14Cl2FNO/c1-9-6-10(8-11(15)7-9)12(17)16(4-2-13)5-3-14/h6-8H,2-5H2,1H3. The Morgan fingerprint density at radius 3 is 2.29 bits per heavy atom. The lowest BCUT2D eigenvalue weighted by Gasteiger charge is -2.20. The van der Waals surface area contributed by atoms with Gasteiger partial charge in [0, 0.05) is 30.4 Å². The van der Waals surface area contributed by atoms with E-state index in [4.69, 9.17) is 23.2 Å². The Labute approximate surface area is 110 Å². The third-order valence-electron chi connectivity index (χ3n) is 2.29. The molecule has 0 unspecified atom stereocenters. The third-order valence-corrected chi connectivity index (χ3v) is 2.62. The number of hydrogen-bond acceptors (Lipinski definition) is 1. The molecular formula is C12H14Cl2FNO. The second-order valence-corrected chi connectivity index (χ2v) is 4.44. The maximum absolute atomic E-state index is 13.2. The molecule has 2 nitrogen and oxygen atoms in total. The lowest BCUT2D eigenvalue weighted by Crippen LogP contribution is -2.34. The molecule has 0 aliphatic rings. The normalized spacial score (nSPS) is 10.4. The van der Waals surface area contributed by atoms with Crippen LogP contribution in [-0.4, -0.2) is 35.7 Å². The van der Waals surface area contributed by atoms with Crippen molar-refractivity contribution < 1.29 is 9.18 Å². The number of amides is 1. The maximum atomic E-state index is 13.2. The molecule has 0 fully saturated rings. The van der Waals surface area contributed by atoms with Gasteiger partial charge in [0.1, 0.15) is 5.82 Å². The lowest BCUT2D eigenvalue weighted by atomic mass is 10.1. The number of alkyl halides is 2. The molecule has 0 aliphatic carbocycles. The molecule has 0 atom stereocenters. The van der Waals surface area contributed by atoms with Gasteiger partial charge in [-0.2, -0.15) is 0 Å². The molecule has 5 heteroatoms. The Hall–Kier alpha value is -0.800. The first-order valence-corrected chi connectivity index (χ1v) is 6.33. The smallest absolute Gasteiger partial charge is 0.254 e. The molecular weight excluding hydrogens is 264 g/mol. The maximum Gasteiger partial charge on any atom is 0.254 e. The van der Waals surface area contributed by atoms with E-state index in [-0.39, 0.29) is 5.91 Å². The van der Waals surface area contributed by atoms with Crippen LogP contribution in [0.5, 0.6) is 0 Å². The average Bonchev–Trinajstić information content (AvgIpc) is 2.26. The fourth-order valence-electron chi connectivity index (χ4n) is 1.56. The first-order chi connectivity index (χ1) is 8.08. The minimum Gasteiger partial charge on any atom is -0.336 e. The average molecular weight is 278 g/mol. The second-order valence-electron chi connectivity index (χ2n) is 3.69. The van der Waals surface area contributed by atoms with Gasteiger partial charge in [-0.1, -0.05) is 0 Å². The van der Waals surface area contributed by atoms with E-state index in [0.717, 1.165) is 0 Å². The van der Waals surface area contributed by atoms with Crippen molar-refractivity contribution in [1.29, 1.82) is 0 Å². The molecule has 0 aliphatic heterocycles. The van der Waals surface area contributed by atoms with Gasteiger partial charge < -0.3 is 4.90 Å². The molecule has 0 spiro atoms. The van der Waals surface area contributed by atoms with E-state index in [1.165, 1.54) is 17.0 Å². The number of aryl methyl sites for hydroxylation is 1. The van der Waals surface area contributed by atoms with Crippen LogP contribution in [0.25, 0.3) is 0 Å². The van der Waals surface area contributed by atoms with Crippen LogP contribution < -0.4 is 0 Å². The van der Waals surface area contributed by atoms with E-state index in [9.17, 15) is 9.18 Å². The Balaban J connectivity index is 2.92. The van der Waals surface area contributed by atoms with Crippen LogP contribution in [0.3, 0.4) is 0 Å². The summed E-state index contributed by atoms with van der Waals surface area (Å²) in [5, 5.41) is 0. The van der Waals surface area contributed by atoms with Crippen LogP contribution in [0.2, 0.25) is 0 Å². The van der Waals surface area contributed by atoms with E-state index in [1.807, 2.05) is 0 Å². The van der Waals surface area contributed by atoms with Crippen molar-refractivity contribution in [2.45, 2.75) is 6.92 Å². The molecule has 17 heavy (non-hydrogen) atoms. The van der Waals surface area contributed by atoms with E-state index in [2.05, 4.69) is 0 Å². The minimum absolute atomic E-state index is 0.242. The van der Waals surface area contributed by atoms with Crippen LogP contribution >= 0.6 is 23.2 Å². The molecule has 0 radical (unpaired) electrons. The summed E-state index contributed by atoms with van der Waals surface area (Å²) in [7, 11) is 0. The molecule has 0 saturated heterocycles. The molecule has 0 N–H and O–H groups in total. The van der Waals surface area contributed by atoms with Crippen LogP contribution in [0.15, 0.2) is 18.2 Å². The molecule has 1 aromatic carbocycles. The van der Waals surface area contributed by atoms with Gasteiger partial charge in [-0.25, -0.2) is 4.39 Å². The Bertz CT molecular complexity index is 372. The fraction of sp³-hybridized carbons (Fsp3) is 0.417. The Morgan fingerprint density at radius 2 is 1.82 bits per heavy atom. The predicted octanol–water partition coefficient (Wildman–Crippen LogP) is 3.05. The summed E-state index contributed by atoms with van der Waals surface area (Å²) in [5.74, 6) is 0.00682. The van der Waals surface area contributed by atoms with Crippen molar-refractivity contribution in [3.05, 3.63) is 35.1 Å². The van der Waals surface area contributed by atoms with E-state index < -0.39 is 5.82 Å². The highest BCUT2D eigenvalue weighted by atomic mass is 35.5. The number of carbonyl (C=O) groups excluding carboxylic acids is 1. The molecule has 0 bridgehead atoms. The molecule has 0 aromatic heterocycles. The first kappa shape index (κ1) is 14.3. The number of carbonyl (C=O) groups is 1. The van der Waals surface area contributed by atoms with Crippen molar-refractivity contribution in [3.63, 3.8) is 0 Å². The van der Waals surface area contributed by atoms with Crippen LogP contribution in [0.4, 0.5) is 4.39 Å². The summed E-state index contributed by atoms with van der Waals surface area (Å²) in [5.41, 5.74) is 1.04. The van der Waals surface area contributed by atoms with Gasteiger partial charge in [-0.05, 0) is 30.7 Å². The zero-order chi connectivity index (χ0) is 12.8. The van der Waals surface area contributed by atoms with Gasteiger partial charge in [-0.15, -0.1) is 23.2 Å². The first-order valence-electron chi connectivity index (χ1n) is 5.27. The zero-order valence-electron chi connectivity index (χ0n) is 9.55. The summed E-state index contributed by atoms with van der Waals surface area (Å²) in [6, 6.07) is 4.26. The van der Waals surface area contributed by atoms with Crippen molar-refractivity contribution in [2.75, 3.05) is 24.8 Å². The number of rotatable bonds is 5. The van der Waals surface area contributed by atoms with Gasteiger partial charge in [-0.3, -0.25) is 4.79 Å². The van der Waals surface area contributed by atoms with Crippen LogP contribution in [0.1, 0.15) is 15.9 Å². The quantitative estimate of drug-likeness (QED) is 0.758. The second kappa shape index (κ2) is 6.82.